The second-order valence-corrected chi connectivity index (χ2v) is 6.17. The van der Waals surface area contributed by atoms with Crippen LogP contribution in [0, 0.1) is 5.92 Å². The quantitative estimate of drug-likeness (QED) is 0.815. The van der Waals surface area contributed by atoms with Crippen LogP contribution in [0.2, 0.25) is 10.0 Å². The van der Waals surface area contributed by atoms with E-state index in [1.807, 2.05) is 12.1 Å². The van der Waals surface area contributed by atoms with E-state index >= 15 is 0 Å². The average Bonchev–Trinajstić information content (AvgIpc) is 2.41. The third-order valence-corrected chi connectivity index (χ3v) is 4.05. The van der Waals surface area contributed by atoms with Crippen LogP contribution in [-0.2, 0) is 6.42 Å². The molecule has 2 rings (SSSR count). The van der Waals surface area contributed by atoms with Crippen LogP contribution in [0.1, 0.15) is 36.6 Å². The van der Waals surface area contributed by atoms with Crippen molar-refractivity contribution in [2.24, 2.45) is 5.92 Å². The van der Waals surface area contributed by atoms with Crippen LogP contribution in [0.4, 0.5) is 0 Å². The molecule has 0 aliphatic heterocycles. The lowest BCUT2D eigenvalue weighted by Crippen LogP contribution is -2.01. The van der Waals surface area contributed by atoms with Gasteiger partial charge in [0.2, 0.25) is 0 Å². The van der Waals surface area contributed by atoms with Crippen molar-refractivity contribution in [3.63, 3.8) is 0 Å². The van der Waals surface area contributed by atoms with Gasteiger partial charge in [-0.05, 0) is 29.5 Å². The first-order valence-corrected chi connectivity index (χ1v) is 7.45. The number of halogens is 2. The molecule has 3 heteroatoms. The highest BCUT2D eigenvalue weighted by Crippen LogP contribution is 2.33. The maximum Gasteiger partial charge on any atom is 0.106 e. The molecule has 0 aromatic heterocycles. The predicted molar refractivity (Wildman–Crippen MR) is 85.5 cm³/mol. The summed E-state index contributed by atoms with van der Waals surface area (Å²) >= 11 is 12.1. The Labute approximate surface area is 130 Å². The van der Waals surface area contributed by atoms with Crippen LogP contribution < -0.4 is 0 Å². The normalized spacial score (nSPS) is 12.7. The van der Waals surface area contributed by atoms with E-state index in [9.17, 15) is 5.11 Å². The van der Waals surface area contributed by atoms with Crippen LogP contribution in [-0.4, -0.2) is 5.11 Å². The lowest BCUT2D eigenvalue weighted by molar-refractivity contribution is 0.220. The topological polar surface area (TPSA) is 20.2 Å². The molecule has 0 heterocycles. The van der Waals surface area contributed by atoms with E-state index < -0.39 is 6.10 Å². The summed E-state index contributed by atoms with van der Waals surface area (Å²) in [5.74, 6) is 0.619. The summed E-state index contributed by atoms with van der Waals surface area (Å²) in [5.41, 5.74) is 2.73. The van der Waals surface area contributed by atoms with Crippen molar-refractivity contribution >= 4 is 23.2 Å². The summed E-state index contributed by atoms with van der Waals surface area (Å²) in [6.45, 7) is 4.38. The van der Waals surface area contributed by atoms with Crippen molar-refractivity contribution in [3.05, 3.63) is 69.2 Å². The van der Waals surface area contributed by atoms with Gasteiger partial charge in [0.25, 0.3) is 0 Å². The molecule has 1 N–H and O–H groups in total. The van der Waals surface area contributed by atoms with E-state index in [-0.39, 0.29) is 0 Å². The van der Waals surface area contributed by atoms with Crippen LogP contribution in [0.3, 0.4) is 0 Å². The van der Waals surface area contributed by atoms with Crippen molar-refractivity contribution in [3.8, 4) is 0 Å². The van der Waals surface area contributed by atoms with Gasteiger partial charge in [-0.15, -0.1) is 0 Å². The van der Waals surface area contributed by atoms with Crippen LogP contribution in [0.25, 0.3) is 0 Å². The number of aliphatic hydroxyl groups is 1. The number of aliphatic hydroxyl groups excluding tert-OH is 1. The lowest BCUT2D eigenvalue weighted by Gasteiger charge is -2.14. The Hall–Kier alpha value is -1.02. The molecule has 0 amide bonds. The zero-order valence-corrected chi connectivity index (χ0v) is 13.1. The highest BCUT2D eigenvalue weighted by Gasteiger charge is 2.15. The summed E-state index contributed by atoms with van der Waals surface area (Å²) in [4.78, 5) is 0. The Bertz CT molecular complexity index is 576. The molecule has 0 aliphatic rings. The molecule has 0 aliphatic carbocycles. The standard InChI is InChI=1S/C17H18Cl2O/c1-11(2)10-12-6-8-13(9-7-12)17(20)14-4-3-5-15(18)16(14)19/h3-9,11,17,20H,10H2,1-2H3. The van der Waals surface area contributed by atoms with Gasteiger partial charge >= 0.3 is 0 Å². The molecular weight excluding hydrogens is 291 g/mol. The van der Waals surface area contributed by atoms with Gasteiger partial charge in [0.1, 0.15) is 6.10 Å². The van der Waals surface area contributed by atoms with Crippen LogP contribution >= 0.6 is 23.2 Å². The third-order valence-electron chi connectivity index (χ3n) is 3.22. The molecule has 1 nitrogen and oxygen atoms in total. The largest absolute Gasteiger partial charge is 0.384 e. The van der Waals surface area contributed by atoms with Crippen molar-refractivity contribution < 1.29 is 5.11 Å². The number of benzene rings is 2. The number of rotatable bonds is 4. The average molecular weight is 309 g/mol. The smallest absolute Gasteiger partial charge is 0.106 e. The molecule has 20 heavy (non-hydrogen) atoms. The maximum absolute atomic E-state index is 10.4. The molecule has 2 aromatic carbocycles. The molecule has 0 saturated carbocycles. The van der Waals surface area contributed by atoms with Gasteiger partial charge in [-0.25, -0.2) is 0 Å². The third kappa shape index (κ3) is 3.54. The summed E-state index contributed by atoms with van der Waals surface area (Å²) in [5, 5.41) is 11.3. The van der Waals surface area contributed by atoms with Crippen molar-refractivity contribution in [2.45, 2.75) is 26.4 Å². The lowest BCUT2D eigenvalue weighted by atomic mass is 9.97. The van der Waals surface area contributed by atoms with Gasteiger partial charge in [0, 0.05) is 5.56 Å². The van der Waals surface area contributed by atoms with Gasteiger partial charge in [0.05, 0.1) is 10.0 Å². The van der Waals surface area contributed by atoms with Crippen LogP contribution in [0.5, 0.6) is 0 Å². The molecule has 2 aromatic rings. The summed E-state index contributed by atoms with van der Waals surface area (Å²) in [6, 6.07) is 13.3. The molecule has 1 unspecified atom stereocenters. The highest BCUT2D eigenvalue weighted by atomic mass is 35.5. The highest BCUT2D eigenvalue weighted by molar-refractivity contribution is 6.42. The first-order chi connectivity index (χ1) is 9.49. The summed E-state index contributed by atoms with van der Waals surface area (Å²) < 4.78 is 0. The number of hydrogen-bond acceptors (Lipinski definition) is 1. The van der Waals surface area contributed by atoms with Crippen LogP contribution in [0.15, 0.2) is 42.5 Å². The zero-order valence-electron chi connectivity index (χ0n) is 11.6. The van der Waals surface area contributed by atoms with E-state index in [4.69, 9.17) is 23.2 Å². The predicted octanol–water partition coefficient (Wildman–Crippen LogP) is 5.27. The van der Waals surface area contributed by atoms with E-state index in [1.54, 1.807) is 18.2 Å². The van der Waals surface area contributed by atoms with E-state index in [2.05, 4.69) is 26.0 Å². The maximum atomic E-state index is 10.4. The Kier molecular flexibility index (Phi) is 5.09. The molecule has 0 fully saturated rings. The summed E-state index contributed by atoms with van der Waals surface area (Å²) in [7, 11) is 0. The zero-order chi connectivity index (χ0) is 14.7. The fraction of sp³-hybridized carbons (Fsp3) is 0.294. The molecular formula is C17H18Cl2O. The van der Waals surface area contributed by atoms with Gasteiger partial charge in [-0.2, -0.15) is 0 Å². The Morgan fingerprint density at radius 3 is 2.25 bits per heavy atom. The first kappa shape index (κ1) is 15.4. The molecule has 1 atom stereocenters. The Morgan fingerprint density at radius 2 is 1.65 bits per heavy atom. The molecule has 0 bridgehead atoms. The van der Waals surface area contributed by atoms with Crippen molar-refractivity contribution in [2.75, 3.05) is 0 Å². The Balaban J connectivity index is 2.25. The first-order valence-electron chi connectivity index (χ1n) is 6.70. The molecule has 0 saturated heterocycles. The Morgan fingerprint density at radius 1 is 1.00 bits per heavy atom. The van der Waals surface area contributed by atoms with E-state index in [0.29, 0.717) is 21.5 Å². The van der Waals surface area contributed by atoms with Crippen molar-refractivity contribution in [1.29, 1.82) is 0 Å². The second-order valence-electron chi connectivity index (χ2n) is 5.39. The van der Waals surface area contributed by atoms with Gasteiger partial charge < -0.3 is 5.11 Å². The molecule has 106 valence electrons. The van der Waals surface area contributed by atoms with E-state index in [0.717, 1.165) is 12.0 Å². The second kappa shape index (κ2) is 6.62. The van der Waals surface area contributed by atoms with Gasteiger partial charge in [0.15, 0.2) is 0 Å². The fourth-order valence-electron chi connectivity index (χ4n) is 2.22. The summed E-state index contributed by atoms with van der Waals surface area (Å²) in [6.07, 6.45) is 0.281. The monoisotopic (exact) mass is 308 g/mol. The minimum atomic E-state index is -0.755. The van der Waals surface area contributed by atoms with E-state index in [1.165, 1.54) is 5.56 Å². The van der Waals surface area contributed by atoms with Gasteiger partial charge in [-0.3, -0.25) is 0 Å². The minimum absolute atomic E-state index is 0.410. The fourth-order valence-corrected chi connectivity index (χ4v) is 2.63. The molecule has 0 radical (unpaired) electrons. The van der Waals surface area contributed by atoms with Gasteiger partial charge in [-0.1, -0.05) is 73.4 Å². The molecule has 0 spiro atoms. The number of hydrogen-bond donors (Lipinski definition) is 1. The SMILES string of the molecule is CC(C)Cc1ccc(C(O)c2cccc(Cl)c2Cl)cc1. The van der Waals surface area contributed by atoms with Crippen molar-refractivity contribution in [1.82, 2.24) is 0 Å². The minimum Gasteiger partial charge on any atom is -0.384 e.